The Bertz CT molecular complexity index is 1300. The van der Waals surface area contributed by atoms with E-state index in [2.05, 4.69) is 5.32 Å². The van der Waals surface area contributed by atoms with Crippen molar-refractivity contribution in [3.05, 3.63) is 87.9 Å². The van der Waals surface area contributed by atoms with Crippen molar-refractivity contribution in [3.8, 4) is 11.4 Å². The molecule has 1 aliphatic carbocycles. The van der Waals surface area contributed by atoms with Crippen molar-refractivity contribution in [1.82, 2.24) is 19.8 Å². The lowest BCUT2D eigenvalue weighted by atomic mass is 9.84. The number of carbonyl (C=O) groups excluding carboxylic acids is 1. The second-order valence-corrected chi connectivity index (χ2v) is 9.97. The summed E-state index contributed by atoms with van der Waals surface area (Å²) in [5, 5.41) is 2.50. The highest BCUT2D eigenvalue weighted by atomic mass is 32.1. The van der Waals surface area contributed by atoms with Gasteiger partial charge in [-0.1, -0.05) is 24.6 Å². The number of fused-ring (bicyclic) bond motifs is 1. The number of rotatable bonds is 9. The van der Waals surface area contributed by atoms with Crippen LogP contribution in [0.3, 0.4) is 0 Å². The largest absolute Gasteiger partial charge is 0.494 e. The molecule has 0 bridgehead atoms. The minimum atomic E-state index is -0.648. The van der Waals surface area contributed by atoms with Crippen LogP contribution in [0.15, 0.2) is 59.4 Å². The molecule has 0 spiro atoms. The van der Waals surface area contributed by atoms with E-state index in [1.165, 1.54) is 12.1 Å². The first-order chi connectivity index (χ1) is 18.0. The molecule has 1 unspecified atom stereocenters. The molecule has 2 aromatic carbocycles. The molecular formula is C28H31FN4O3S. The molecule has 7 nitrogen and oxygen atoms in total. The summed E-state index contributed by atoms with van der Waals surface area (Å²) in [5.74, 6) is 1.30. The monoisotopic (exact) mass is 522 g/mol. The van der Waals surface area contributed by atoms with Gasteiger partial charge in [0.05, 0.1) is 30.1 Å². The minimum absolute atomic E-state index is 0.112. The van der Waals surface area contributed by atoms with Crippen molar-refractivity contribution in [2.75, 3.05) is 26.2 Å². The van der Waals surface area contributed by atoms with Gasteiger partial charge in [-0.05, 0) is 62.2 Å². The van der Waals surface area contributed by atoms with Crippen molar-refractivity contribution in [2.24, 2.45) is 0 Å². The van der Waals surface area contributed by atoms with E-state index >= 15 is 0 Å². The lowest BCUT2D eigenvalue weighted by Gasteiger charge is -2.35. The Morgan fingerprint density at radius 1 is 1.14 bits per heavy atom. The van der Waals surface area contributed by atoms with Gasteiger partial charge in [-0.3, -0.25) is 14.2 Å². The maximum atomic E-state index is 13.8. The summed E-state index contributed by atoms with van der Waals surface area (Å²) in [6.07, 6.45) is 4.44. The molecule has 1 fully saturated rings. The Kier molecular flexibility index (Phi) is 7.90. The Hall–Kier alpha value is -3.17. The average molecular weight is 523 g/mol. The van der Waals surface area contributed by atoms with Gasteiger partial charge < -0.3 is 15.0 Å². The highest BCUT2D eigenvalue weighted by Crippen LogP contribution is 2.37. The maximum Gasteiger partial charge on any atom is 0.264 e. The second-order valence-electron chi connectivity index (χ2n) is 9.48. The molecule has 194 valence electrons. The van der Waals surface area contributed by atoms with E-state index in [0.717, 1.165) is 36.5 Å². The number of aromatic nitrogens is 2. The van der Waals surface area contributed by atoms with Crippen molar-refractivity contribution in [1.29, 1.82) is 0 Å². The summed E-state index contributed by atoms with van der Waals surface area (Å²) in [5.41, 5.74) is 1.90. The summed E-state index contributed by atoms with van der Waals surface area (Å²) in [6, 6.07) is 15.5. The van der Waals surface area contributed by atoms with E-state index in [1.54, 1.807) is 21.6 Å². The third kappa shape index (κ3) is 5.57. The molecule has 5 rings (SSSR count). The summed E-state index contributed by atoms with van der Waals surface area (Å²) < 4.78 is 20.3. The number of nitrogens with one attached hydrogen (secondary N) is 1. The summed E-state index contributed by atoms with van der Waals surface area (Å²) in [4.78, 5) is 33.4. The quantitative estimate of drug-likeness (QED) is 0.328. The summed E-state index contributed by atoms with van der Waals surface area (Å²) in [6.45, 7) is 1.65. The third-order valence-corrected chi connectivity index (χ3v) is 7.56. The van der Waals surface area contributed by atoms with Gasteiger partial charge in [0.2, 0.25) is 5.91 Å². The fraction of sp³-hybridized carbons (Fsp3) is 0.393. The average Bonchev–Trinajstić information content (AvgIpc) is 2.86. The first-order valence-corrected chi connectivity index (χ1v) is 13.3. The molecule has 0 saturated heterocycles. The molecule has 2 heterocycles. The first-order valence-electron chi connectivity index (χ1n) is 12.8. The van der Waals surface area contributed by atoms with Gasteiger partial charge in [0.25, 0.3) is 5.56 Å². The normalized spacial score (nSPS) is 17.2. The van der Waals surface area contributed by atoms with E-state index < -0.39 is 5.37 Å². The number of carbonyl (C=O) groups is 1. The molecule has 37 heavy (non-hydrogen) atoms. The van der Waals surface area contributed by atoms with Gasteiger partial charge >= 0.3 is 0 Å². The number of halogens is 1. The lowest BCUT2D eigenvalue weighted by molar-refractivity contribution is -0.131. The van der Waals surface area contributed by atoms with Gasteiger partial charge in [-0.2, -0.15) is 0 Å². The van der Waals surface area contributed by atoms with Crippen LogP contribution in [0.2, 0.25) is 0 Å². The zero-order chi connectivity index (χ0) is 25.8. The van der Waals surface area contributed by atoms with Crippen molar-refractivity contribution < 1.29 is 13.9 Å². The highest BCUT2D eigenvalue weighted by Gasteiger charge is 2.35. The van der Waals surface area contributed by atoms with Crippen LogP contribution in [0.4, 0.5) is 4.39 Å². The fourth-order valence-electron chi connectivity index (χ4n) is 4.79. The molecule has 1 atom stereocenters. The molecule has 9 heteroatoms. The van der Waals surface area contributed by atoms with E-state index in [4.69, 9.17) is 22.3 Å². The molecule has 2 aliphatic rings. The van der Waals surface area contributed by atoms with Crippen LogP contribution in [0.25, 0.3) is 5.69 Å². The number of ether oxygens (including phenoxy) is 1. The van der Waals surface area contributed by atoms with Crippen LogP contribution >= 0.6 is 12.6 Å². The highest BCUT2D eigenvalue weighted by molar-refractivity contribution is 7.80. The topological polar surface area (TPSA) is 76.5 Å². The standard InChI is InChI=1S/C28H31FN4O3S/c29-20-10-12-22(13-11-20)36-17-5-15-30-18-24(34)32-16-14-23-25(28(32)37)27(35)33(21-8-2-1-3-9-21)26(31-23)19-6-4-7-19/h1-3,8-13,19,28,30,37H,4-7,14-18H2. The minimum Gasteiger partial charge on any atom is -0.494 e. The number of hydrogen-bond donors (Lipinski definition) is 2. The number of hydrogen-bond acceptors (Lipinski definition) is 6. The zero-order valence-corrected chi connectivity index (χ0v) is 21.5. The van der Waals surface area contributed by atoms with Gasteiger partial charge in [-0.25, -0.2) is 9.37 Å². The SMILES string of the molecule is O=C(CNCCCOc1ccc(F)cc1)N1CCc2nc(C3CCC3)n(-c3ccccc3)c(=O)c2C1S. The van der Waals surface area contributed by atoms with Gasteiger partial charge in [0.1, 0.15) is 22.8 Å². The Morgan fingerprint density at radius 3 is 2.59 bits per heavy atom. The van der Waals surface area contributed by atoms with Crippen molar-refractivity contribution in [3.63, 3.8) is 0 Å². The molecule has 0 radical (unpaired) electrons. The molecule has 3 aromatic rings. The Morgan fingerprint density at radius 2 is 1.89 bits per heavy atom. The molecule has 1 saturated carbocycles. The number of amides is 1. The van der Waals surface area contributed by atoms with E-state index in [-0.39, 0.29) is 29.7 Å². The Balaban J connectivity index is 1.23. The van der Waals surface area contributed by atoms with Crippen LogP contribution in [-0.4, -0.2) is 46.6 Å². The van der Waals surface area contributed by atoms with Gasteiger partial charge in [0, 0.05) is 18.9 Å². The predicted octanol–water partition coefficient (Wildman–Crippen LogP) is 4.01. The molecule has 1 amide bonds. The molecule has 1 aliphatic heterocycles. The zero-order valence-electron chi connectivity index (χ0n) is 20.6. The van der Waals surface area contributed by atoms with E-state index in [1.807, 2.05) is 30.3 Å². The maximum absolute atomic E-state index is 13.8. The Labute approximate surface area is 221 Å². The van der Waals surface area contributed by atoms with E-state index in [9.17, 15) is 14.0 Å². The predicted molar refractivity (Wildman–Crippen MR) is 143 cm³/mol. The molecule has 1 aromatic heterocycles. The van der Waals surface area contributed by atoms with Crippen LogP contribution < -0.4 is 15.6 Å². The van der Waals surface area contributed by atoms with E-state index in [0.29, 0.717) is 43.9 Å². The number of nitrogens with zero attached hydrogens (tertiary/aromatic N) is 3. The first kappa shape index (κ1) is 25.5. The number of benzene rings is 2. The van der Waals surface area contributed by atoms with Crippen molar-refractivity contribution in [2.45, 2.75) is 43.4 Å². The van der Waals surface area contributed by atoms with Crippen molar-refractivity contribution >= 4 is 18.5 Å². The number of para-hydroxylation sites is 1. The van der Waals surface area contributed by atoms with Crippen LogP contribution in [0, 0.1) is 5.82 Å². The molecule has 1 N–H and O–H groups in total. The second kappa shape index (κ2) is 11.5. The summed E-state index contributed by atoms with van der Waals surface area (Å²) in [7, 11) is 0. The van der Waals surface area contributed by atoms with Crippen LogP contribution in [0.5, 0.6) is 5.75 Å². The lowest BCUT2D eigenvalue weighted by Crippen LogP contribution is -2.46. The fourth-order valence-corrected chi connectivity index (χ4v) is 5.30. The van der Waals surface area contributed by atoms with Gasteiger partial charge in [0.15, 0.2) is 0 Å². The number of thiol groups is 1. The third-order valence-electron chi connectivity index (χ3n) is 7.03. The van der Waals surface area contributed by atoms with Crippen LogP contribution in [-0.2, 0) is 11.2 Å². The van der Waals surface area contributed by atoms with Crippen LogP contribution in [0.1, 0.15) is 54.1 Å². The summed E-state index contributed by atoms with van der Waals surface area (Å²) >= 11 is 4.73. The molecular weight excluding hydrogens is 491 g/mol. The van der Waals surface area contributed by atoms with Gasteiger partial charge in [-0.15, -0.1) is 12.6 Å². The smallest absolute Gasteiger partial charge is 0.264 e.